The Bertz CT molecular complexity index is 863. The first kappa shape index (κ1) is 19.4. The van der Waals surface area contributed by atoms with E-state index in [1.165, 1.54) is 0 Å². The fourth-order valence-electron chi connectivity index (χ4n) is 4.16. The predicted molar refractivity (Wildman–Crippen MR) is 107 cm³/mol. The first-order chi connectivity index (χ1) is 14.1. The van der Waals surface area contributed by atoms with Crippen LogP contribution in [0.1, 0.15) is 41.7 Å². The van der Waals surface area contributed by atoms with Crippen molar-refractivity contribution in [2.45, 2.75) is 32.2 Å². The van der Waals surface area contributed by atoms with E-state index in [9.17, 15) is 9.59 Å². The lowest BCUT2D eigenvalue weighted by atomic mass is 9.97. The molecule has 1 aromatic carbocycles. The number of piperidine rings is 1. The van der Waals surface area contributed by atoms with E-state index in [2.05, 4.69) is 10.3 Å². The number of nitrogens with zero attached hydrogens (tertiary/aromatic N) is 5. The summed E-state index contributed by atoms with van der Waals surface area (Å²) in [6.45, 7) is 3.56. The topological polar surface area (TPSA) is 80.6 Å². The van der Waals surface area contributed by atoms with Crippen molar-refractivity contribution in [3.63, 3.8) is 0 Å². The van der Waals surface area contributed by atoms with E-state index in [4.69, 9.17) is 4.74 Å². The zero-order valence-corrected chi connectivity index (χ0v) is 16.8. The minimum atomic E-state index is -0.0802. The van der Waals surface area contributed by atoms with Crippen molar-refractivity contribution in [3.8, 4) is 5.75 Å². The molecule has 1 atom stereocenters. The molecular weight excluding hydrogens is 370 g/mol. The Kier molecular flexibility index (Phi) is 5.78. The van der Waals surface area contributed by atoms with E-state index < -0.39 is 0 Å². The summed E-state index contributed by atoms with van der Waals surface area (Å²) in [5.74, 6) is 1.31. The van der Waals surface area contributed by atoms with Gasteiger partial charge in [0.15, 0.2) is 5.69 Å². The molecule has 8 nitrogen and oxygen atoms in total. The summed E-state index contributed by atoms with van der Waals surface area (Å²) in [5.41, 5.74) is 1.43. The summed E-state index contributed by atoms with van der Waals surface area (Å²) >= 11 is 0. The number of methoxy groups -OCH3 is 1. The first-order valence-electron chi connectivity index (χ1n) is 10.2. The molecule has 0 spiro atoms. The number of ether oxygens (including phenoxy) is 1. The van der Waals surface area contributed by atoms with Crippen molar-refractivity contribution in [3.05, 3.63) is 41.7 Å². The van der Waals surface area contributed by atoms with E-state index in [-0.39, 0.29) is 11.8 Å². The second kappa shape index (κ2) is 8.63. The Balaban J connectivity index is 1.35. The van der Waals surface area contributed by atoms with E-state index in [0.717, 1.165) is 50.2 Å². The van der Waals surface area contributed by atoms with Crippen LogP contribution in [0.4, 0.5) is 0 Å². The van der Waals surface area contributed by atoms with Gasteiger partial charge in [-0.2, -0.15) is 0 Å². The molecule has 2 fully saturated rings. The molecule has 1 aromatic heterocycles. The molecule has 0 radical (unpaired) electrons. The van der Waals surface area contributed by atoms with Gasteiger partial charge in [-0.15, -0.1) is 5.10 Å². The standard InChI is InChI=1S/C21H27N5O3/c1-29-18-8-6-16(7-9-18)14-26-15-19(22-23-26)21(28)25-11-2-4-17(13-25)12-24-10-3-5-20(24)27/h6-9,15,17H,2-5,10-14H2,1H3. The number of rotatable bonds is 6. The highest BCUT2D eigenvalue weighted by atomic mass is 16.5. The largest absolute Gasteiger partial charge is 0.497 e. The van der Waals surface area contributed by atoms with Crippen LogP contribution in [-0.4, -0.2) is 69.9 Å². The van der Waals surface area contributed by atoms with Crippen LogP contribution in [0.15, 0.2) is 30.5 Å². The first-order valence-corrected chi connectivity index (χ1v) is 10.2. The zero-order chi connectivity index (χ0) is 20.2. The van der Waals surface area contributed by atoms with Crippen molar-refractivity contribution < 1.29 is 14.3 Å². The van der Waals surface area contributed by atoms with E-state index >= 15 is 0 Å². The van der Waals surface area contributed by atoms with Crippen molar-refractivity contribution in [2.75, 3.05) is 33.3 Å². The number of likely N-dealkylation sites (tertiary alicyclic amines) is 2. The zero-order valence-electron chi connectivity index (χ0n) is 16.8. The van der Waals surface area contributed by atoms with Gasteiger partial charge in [0.05, 0.1) is 19.9 Å². The maximum Gasteiger partial charge on any atom is 0.276 e. The molecular formula is C21H27N5O3. The summed E-state index contributed by atoms with van der Waals surface area (Å²) < 4.78 is 6.85. The second-order valence-electron chi connectivity index (χ2n) is 7.85. The number of amides is 2. The number of carbonyl (C=O) groups excluding carboxylic acids is 2. The maximum absolute atomic E-state index is 12.9. The van der Waals surface area contributed by atoms with Gasteiger partial charge in [-0.05, 0) is 42.9 Å². The fourth-order valence-corrected chi connectivity index (χ4v) is 4.16. The molecule has 4 rings (SSSR count). The summed E-state index contributed by atoms with van der Waals surface area (Å²) in [6, 6.07) is 7.74. The van der Waals surface area contributed by atoms with Gasteiger partial charge in [-0.3, -0.25) is 9.59 Å². The van der Waals surface area contributed by atoms with Crippen LogP contribution in [0, 0.1) is 5.92 Å². The van der Waals surface area contributed by atoms with Crippen LogP contribution in [0.2, 0.25) is 0 Å². The highest BCUT2D eigenvalue weighted by Gasteiger charge is 2.29. The second-order valence-corrected chi connectivity index (χ2v) is 7.85. The molecule has 2 aliphatic heterocycles. The highest BCUT2D eigenvalue weighted by molar-refractivity contribution is 5.92. The Morgan fingerprint density at radius 2 is 2.03 bits per heavy atom. The summed E-state index contributed by atoms with van der Waals surface area (Å²) in [6.07, 6.45) is 5.33. The van der Waals surface area contributed by atoms with Gasteiger partial charge in [0, 0.05) is 32.6 Å². The van der Waals surface area contributed by atoms with E-state index in [1.807, 2.05) is 34.1 Å². The number of aromatic nitrogens is 3. The lowest BCUT2D eigenvalue weighted by Gasteiger charge is -2.34. The predicted octanol–water partition coefficient (Wildman–Crippen LogP) is 1.81. The van der Waals surface area contributed by atoms with Crippen molar-refractivity contribution in [2.24, 2.45) is 5.92 Å². The summed E-state index contributed by atoms with van der Waals surface area (Å²) in [5, 5.41) is 8.21. The third-order valence-corrected chi connectivity index (χ3v) is 5.72. The molecule has 154 valence electrons. The highest BCUT2D eigenvalue weighted by Crippen LogP contribution is 2.21. The third-order valence-electron chi connectivity index (χ3n) is 5.72. The van der Waals surface area contributed by atoms with Crippen LogP contribution in [-0.2, 0) is 11.3 Å². The third kappa shape index (κ3) is 4.58. The van der Waals surface area contributed by atoms with Crippen LogP contribution < -0.4 is 4.74 Å². The van der Waals surface area contributed by atoms with Crippen molar-refractivity contribution in [1.82, 2.24) is 24.8 Å². The number of hydrogen-bond donors (Lipinski definition) is 0. The minimum absolute atomic E-state index is 0.0802. The smallest absolute Gasteiger partial charge is 0.276 e. The lowest BCUT2D eigenvalue weighted by molar-refractivity contribution is -0.128. The maximum atomic E-state index is 12.9. The SMILES string of the molecule is COc1ccc(Cn2cc(C(=O)N3CCCC(CN4CCCC4=O)C3)nn2)cc1. The van der Waals surface area contributed by atoms with Gasteiger partial charge < -0.3 is 14.5 Å². The Labute approximate surface area is 170 Å². The average molecular weight is 397 g/mol. The van der Waals surface area contributed by atoms with Gasteiger partial charge in [0.2, 0.25) is 5.91 Å². The molecule has 2 saturated heterocycles. The van der Waals surface area contributed by atoms with Gasteiger partial charge >= 0.3 is 0 Å². The molecule has 2 aliphatic rings. The van der Waals surface area contributed by atoms with E-state index in [1.54, 1.807) is 18.0 Å². The lowest BCUT2D eigenvalue weighted by Crippen LogP contribution is -2.44. The molecule has 2 amide bonds. The fraction of sp³-hybridized carbons (Fsp3) is 0.524. The van der Waals surface area contributed by atoms with Gasteiger partial charge in [0.25, 0.3) is 5.91 Å². The minimum Gasteiger partial charge on any atom is -0.497 e. The van der Waals surface area contributed by atoms with Crippen LogP contribution >= 0.6 is 0 Å². The van der Waals surface area contributed by atoms with Gasteiger partial charge in [-0.25, -0.2) is 4.68 Å². The molecule has 2 aromatic rings. The quantitative estimate of drug-likeness (QED) is 0.743. The van der Waals surface area contributed by atoms with Gasteiger partial charge in [0.1, 0.15) is 5.75 Å². The molecule has 29 heavy (non-hydrogen) atoms. The number of hydrogen-bond acceptors (Lipinski definition) is 5. The molecule has 0 bridgehead atoms. The Hall–Kier alpha value is -2.90. The monoisotopic (exact) mass is 397 g/mol. The summed E-state index contributed by atoms with van der Waals surface area (Å²) in [4.78, 5) is 28.6. The number of benzene rings is 1. The molecule has 0 N–H and O–H groups in total. The van der Waals surface area contributed by atoms with E-state index in [0.29, 0.717) is 31.1 Å². The molecule has 0 aliphatic carbocycles. The molecule has 3 heterocycles. The molecule has 0 saturated carbocycles. The van der Waals surface area contributed by atoms with Crippen LogP contribution in [0.25, 0.3) is 0 Å². The van der Waals surface area contributed by atoms with Crippen LogP contribution in [0.3, 0.4) is 0 Å². The van der Waals surface area contributed by atoms with Crippen molar-refractivity contribution >= 4 is 11.8 Å². The van der Waals surface area contributed by atoms with Crippen LogP contribution in [0.5, 0.6) is 5.75 Å². The Morgan fingerprint density at radius 1 is 1.21 bits per heavy atom. The number of carbonyl (C=O) groups is 2. The normalized spacial score (nSPS) is 19.6. The molecule has 8 heteroatoms. The van der Waals surface area contributed by atoms with Gasteiger partial charge in [-0.1, -0.05) is 17.3 Å². The molecule has 1 unspecified atom stereocenters. The Morgan fingerprint density at radius 3 is 2.76 bits per heavy atom. The van der Waals surface area contributed by atoms with Crippen molar-refractivity contribution in [1.29, 1.82) is 0 Å². The summed E-state index contributed by atoms with van der Waals surface area (Å²) in [7, 11) is 1.64. The average Bonchev–Trinajstić information content (AvgIpc) is 3.37.